The molecule has 1 aromatic carbocycles. The molecule has 0 aliphatic heterocycles. The molecule has 3 heterocycles. The van der Waals surface area contributed by atoms with Crippen molar-refractivity contribution in [2.45, 2.75) is 23.6 Å². The molecule has 1 aliphatic rings. The Bertz CT molecular complexity index is 1280. The summed E-state index contributed by atoms with van der Waals surface area (Å²) in [6.45, 7) is 0. The number of benzene rings is 1. The Hall–Kier alpha value is -2.36. The Kier molecular flexibility index (Phi) is 5.97. The third-order valence-electron chi connectivity index (χ3n) is 5.24. The highest BCUT2D eigenvalue weighted by atomic mass is 35.5. The van der Waals surface area contributed by atoms with Gasteiger partial charge >= 0.3 is 0 Å². The van der Waals surface area contributed by atoms with Crippen LogP contribution in [0.25, 0.3) is 22.1 Å². The largest absolute Gasteiger partial charge is 0.240 e. The van der Waals surface area contributed by atoms with Crippen molar-refractivity contribution < 1.29 is 0 Å². The maximum Gasteiger partial charge on any atom is 0.116 e. The molecule has 152 valence electrons. The Morgan fingerprint density at radius 3 is 2.58 bits per heavy atom. The minimum Gasteiger partial charge on any atom is -0.240 e. The van der Waals surface area contributed by atoms with Gasteiger partial charge in [0.05, 0.1) is 11.3 Å². The van der Waals surface area contributed by atoms with Crippen LogP contribution >= 0.6 is 46.0 Å². The van der Waals surface area contributed by atoms with E-state index in [1.807, 2.05) is 30.3 Å². The number of fused-ring (bicyclic) bond motifs is 1. The highest BCUT2D eigenvalue weighted by Crippen LogP contribution is 2.44. The summed E-state index contributed by atoms with van der Waals surface area (Å²) in [7, 11) is 0. The maximum atomic E-state index is 10.1. The first kappa shape index (κ1) is 20.5. The molecule has 5 rings (SSSR count). The van der Waals surface area contributed by atoms with Crippen LogP contribution in [0.1, 0.15) is 33.7 Å². The fraction of sp³-hybridized carbons (Fsp3) is 0.120. The van der Waals surface area contributed by atoms with Gasteiger partial charge in [-0.2, -0.15) is 5.26 Å². The second kappa shape index (κ2) is 9.02. The molecule has 3 aromatic heterocycles. The molecule has 4 aromatic rings. The van der Waals surface area contributed by atoms with Gasteiger partial charge in [-0.05, 0) is 70.6 Å². The fourth-order valence-corrected chi connectivity index (χ4v) is 6.36. The molecule has 0 saturated carbocycles. The van der Waals surface area contributed by atoms with E-state index in [0.29, 0.717) is 5.56 Å². The van der Waals surface area contributed by atoms with Crippen LogP contribution in [0, 0.1) is 11.3 Å². The van der Waals surface area contributed by atoms with Crippen LogP contribution in [0.15, 0.2) is 64.3 Å². The molecule has 0 N–H and O–H groups in total. The quantitative estimate of drug-likeness (QED) is 0.272. The third-order valence-corrected chi connectivity index (χ3v) is 8.25. The van der Waals surface area contributed by atoms with Gasteiger partial charge in [-0.15, -0.1) is 34.4 Å². The van der Waals surface area contributed by atoms with E-state index in [-0.39, 0.29) is 0 Å². The molecule has 1 aliphatic carbocycles. The zero-order chi connectivity index (χ0) is 21.2. The van der Waals surface area contributed by atoms with Crippen molar-refractivity contribution >= 4 is 57.7 Å². The predicted molar refractivity (Wildman–Crippen MR) is 134 cm³/mol. The third kappa shape index (κ3) is 4.22. The van der Waals surface area contributed by atoms with Crippen molar-refractivity contribution in [3.63, 3.8) is 0 Å². The molecule has 31 heavy (non-hydrogen) atoms. The number of thiophene rings is 2. The van der Waals surface area contributed by atoms with Crippen LogP contribution in [0.2, 0.25) is 5.02 Å². The van der Waals surface area contributed by atoms with Gasteiger partial charge in [0.25, 0.3) is 0 Å². The van der Waals surface area contributed by atoms with E-state index < -0.39 is 0 Å². The summed E-state index contributed by atoms with van der Waals surface area (Å²) in [6, 6.07) is 18.7. The molecule has 0 bridgehead atoms. The minimum atomic E-state index is 0.692. The number of thioether (sulfide) groups is 1. The second-order valence-electron chi connectivity index (χ2n) is 7.18. The predicted octanol–water partition coefficient (Wildman–Crippen LogP) is 8.18. The van der Waals surface area contributed by atoms with Crippen molar-refractivity contribution in [3.8, 4) is 16.5 Å². The van der Waals surface area contributed by atoms with E-state index in [4.69, 9.17) is 16.6 Å². The first-order chi connectivity index (χ1) is 15.2. The van der Waals surface area contributed by atoms with Crippen LogP contribution in [0.4, 0.5) is 0 Å². The minimum absolute atomic E-state index is 0.692. The number of nitrogens with zero attached hydrogens (tertiary/aromatic N) is 2. The Morgan fingerprint density at radius 2 is 1.87 bits per heavy atom. The lowest BCUT2D eigenvalue weighted by Crippen LogP contribution is -2.00. The molecule has 6 heteroatoms. The number of hydrogen-bond donors (Lipinski definition) is 0. The summed E-state index contributed by atoms with van der Waals surface area (Å²) in [5, 5.41) is 15.8. The Balaban J connectivity index is 1.61. The van der Waals surface area contributed by atoms with Crippen LogP contribution < -0.4 is 0 Å². The molecule has 0 amide bonds. The van der Waals surface area contributed by atoms with Crippen LogP contribution in [0.3, 0.4) is 0 Å². The molecule has 0 unspecified atom stereocenters. The average molecular weight is 477 g/mol. The number of allylic oxidation sites excluding steroid dienone is 1. The number of rotatable bonds is 5. The molecule has 0 saturated heterocycles. The van der Waals surface area contributed by atoms with Gasteiger partial charge in [0.2, 0.25) is 0 Å². The average Bonchev–Trinajstić information content (AvgIpc) is 3.56. The lowest BCUT2D eigenvalue weighted by Gasteiger charge is -2.13. The highest BCUT2D eigenvalue weighted by molar-refractivity contribution is 7.98. The molecule has 0 fully saturated rings. The number of halogens is 1. The lowest BCUT2D eigenvalue weighted by molar-refractivity contribution is 1.05. The van der Waals surface area contributed by atoms with Crippen LogP contribution in [0.5, 0.6) is 0 Å². The topological polar surface area (TPSA) is 36.7 Å². The van der Waals surface area contributed by atoms with E-state index in [1.54, 1.807) is 34.4 Å². The summed E-state index contributed by atoms with van der Waals surface area (Å²) in [5.74, 6) is 0.742. The monoisotopic (exact) mass is 476 g/mol. The van der Waals surface area contributed by atoms with E-state index in [2.05, 4.69) is 41.1 Å². The van der Waals surface area contributed by atoms with Gasteiger partial charge in [-0.1, -0.05) is 35.9 Å². The molecule has 0 spiro atoms. The second-order valence-corrected chi connectivity index (χ2v) is 10.5. The van der Waals surface area contributed by atoms with Gasteiger partial charge < -0.3 is 0 Å². The summed E-state index contributed by atoms with van der Waals surface area (Å²) in [6.07, 6.45) is 4.12. The summed E-state index contributed by atoms with van der Waals surface area (Å²) < 4.78 is 0. The molecular weight excluding hydrogens is 460 g/mol. The molecular formula is C25H17ClN2S3. The van der Waals surface area contributed by atoms with Crippen molar-refractivity contribution in [2.75, 3.05) is 0 Å². The lowest BCUT2D eigenvalue weighted by atomic mass is 10.0. The summed E-state index contributed by atoms with van der Waals surface area (Å²) >= 11 is 11.1. The fourth-order valence-electron chi connectivity index (χ4n) is 3.81. The van der Waals surface area contributed by atoms with Gasteiger partial charge in [0, 0.05) is 26.1 Å². The number of pyridine rings is 1. The smallest absolute Gasteiger partial charge is 0.116 e. The number of hydrogen-bond acceptors (Lipinski definition) is 5. The van der Waals surface area contributed by atoms with E-state index in [0.717, 1.165) is 50.3 Å². The maximum absolute atomic E-state index is 10.1. The summed E-state index contributed by atoms with van der Waals surface area (Å²) in [4.78, 5) is 7.42. The normalized spacial score (nSPS) is 14.0. The highest BCUT2D eigenvalue weighted by Gasteiger charge is 2.27. The molecule has 0 radical (unpaired) electrons. The Labute approximate surface area is 198 Å². The SMILES string of the molecule is N#Cc1c(SCc2ccc(Cl)cc2)nc2c(c1-c1cccs1)CC/C2=C/c1cccs1. The van der Waals surface area contributed by atoms with Crippen molar-refractivity contribution in [3.05, 3.63) is 91.6 Å². The van der Waals surface area contributed by atoms with E-state index in [1.165, 1.54) is 16.0 Å². The van der Waals surface area contributed by atoms with E-state index in [9.17, 15) is 5.26 Å². The van der Waals surface area contributed by atoms with Crippen molar-refractivity contribution in [1.82, 2.24) is 4.98 Å². The zero-order valence-corrected chi connectivity index (χ0v) is 19.7. The Morgan fingerprint density at radius 1 is 1.06 bits per heavy atom. The summed E-state index contributed by atoms with van der Waals surface area (Å²) in [5.41, 5.74) is 6.43. The van der Waals surface area contributed by atoms with Crippen molar-refractivity contribution in [1.29, 1.82) is 5.26 Å². The van der Waals surface area contributed by atoms with Gasteiger partial charge in [-0.3, -0.25) is 0 Å². The molecule has 0 atom stereocenters. The molecule has 2 nitrogen and oxygen atoms in total. The van der Waals surface area contributed by atoms with Gasteiger partial charge in [0.15, 0.2) is 0 Å². The van der Waals surface area contributed by atoms with Gasteiger partial charge in [-0.25, -0.2) is 4.98 Å². The van der Waals surface area contributed by atoms with Crippen LogP contribution in [-0.2, 0) is 12.2 Å². The van der Waals surface area contributed by atoms with Crippen molar-refractivity contribution in [2.24, 2.45) is 0 Å². The van der Waals surface area contributed by atoms with Gasteiger partial charge in [0.1, 0.15) is 11.1 Å². The zero-order valence-electron chi connectivity index (χ0n) is 16.5. The standard InChI is InChI=1S/C25H17ClN2S3/c26-18-8-5-16(6-9-18)15-31-25-21(14-27)23(22-4-2-12-30-22)20-10-7-17(24(20)28-25)13-19-3-1-11-29-19/h1-6,8-9,11-13H,7,10,15H2/b17-13-. The first-order valence-corrected chi connectivity index (χ1v) is 13.0. The van der Waals surface area contributed by atoms with Crippen LogP contribution in [-0.4, -0.2) is 4.98 Å². The number of nitriles is 1. The first-order valence-electron chi connectivity index (χ1n) is 9.85. The number of aromatic nitrogens is 1. The van der Waals surface area contributed by atoms with E-state index >= 15 is 0 Å².